The molecule has 0 bridgehead atoms. The van der Waals surface area contributed by atoms with E-state index in [-0.39, 0.29) is 11.6 Å². The highest BCUT2D eigenvalue weighted by Gasteiger charge is 2.14. The Morgan fingerprint density at radius 2 is 0.857 bits per heavy atom. The Hall–Kier alpha value is -6.65. The molecule has 0 saturated carbocycles. The van der Waals surface area contributed by atoms with Crippen LogP contribution in [0, 0.1) is 11.6 Å². The molecule has 0 atom stereocenters. The molecule has 10 aromatic rings. The van der Waals surface area contributed by atoms with Crippen molar-refractivity contribution in [2.24, 2.45) is 0 Å². The number of hydrogen-bond donors (Lipinski definition) is 2. The second kappa shape index (κ2) is 16.0. The van der Waals surface area contributed by atoms with Gasteiger partial charge in [-0.2, -0.15) is 0 Å². The first-order chi connectivity index (χ1) is 27.4. The second-order valence-electron chi connectivity index (χ2n) is 12.9. The minimum absolute atomic E-state index is 0.243. The molecule has 0 aliphatic carbocycles. The van der Waals surface area contributed by atoms with Crippen molar-refractivity contribution < 1.29 is 18.8 Å². The third-order valence-electron chi connectivity index (χ3n) is 9.44. The van der Waals surface area contributed by atoms with E-state index in [9.17, 15) is 8.78 Å². The van der Waals surface area contributed by atoms with Gasteiger partial charge in [-0.1, -0.05) is 96.5 Å². The fourth-order valence-electron chi connectivity index (χ4n) is 6.90. The second-order valence-corrected chi connectivity index (χ2v) is 13.3. The molecule has 0 saturated heterocycles. The highest BCUT2D eigenvalue weighted by molar-refractivity contribution is 6.58. The van der Waals surface area contributed by atoms with Crippen molar-refractivity contribution >= 4 is 67.8 Å². The van der Waals surface area contributed by atoms with Gasteiger partial charge in [-0.15, -0.1) is 0 Å². The SMILES string of the molecule is Clc1cc(-n2c3ccccc3c3ccccc32)ccn1.Fc1ccc(-c2cc(-n3c4ccccc4c4ccccc43)ccn2)cc1.OB(O)c1ccc(F)cc1. The predicted octanol–water partition coefficient (Wildman–Crippen LogP) is 10.3. The number of rotatable bonds is 4. The van der Waals surface area contributed by atoms with Gasteiger partial charge in [0.15, 0.2) is 0 Å². The topological polar surface area (TPSA) is 76.1 Å². The maximum atomic E-state index is 13.2. The van der Waals surface area contributed by atoms with E-state index >= 15 is 0 Å². The highest BCUT2D eigenvalue weighted by atomic mass is 35.5. The van der Waals surface area contributed by atoms with Crippen LogP contribution in [0.2, 0.25) is 5.15 Å². The first-order valence-electron chi connectivity index (χ1n) is 17.8. The molecule has 0 radical (unpaired) electrons. The lowest BCUT2D eigenvalue weighted by Crippen LogP contribution is -2.29. The summed E-state index contributed by atoms with van der Waals surface area (Å²) in [4.78, 5) is 8.54. The van der Waals surface area contributed by atoms with Gasteiger partial charge in [0.2, 0.25) is 0 Å². The lowest BCUT2D eigenvalue weighted by Gasteiger charge is -2.09. The Morgan fingerprint density at radius 3 is 1.29 bits per heavy atom. The van der Waals surface area contributed by atoms with Crippen LogP contribution in [0.25, 0.3) is 66.2 Å². The van der Waals surface area contributed by atoms with E-state index in [2.05, 4.69) is 116 Å². The van der Waals surface area contributed by atoms with Crippen LogP contribution in [0.1, 0.15) is 0 Å². The van der Waals surface area contributed by atoms with Crippen molar-refractivity contribution in [3.8, 4) is 22.6 Å². The minimum atomic E-state index is -1.51. The van der Waals surface area contributed by atoms with Gasteiger partial charge in [-0.05, 0) is 90.4 Å². The van der Waals surface area contributed by atoms with Crippen LogP contribution >= 0.6 is 11.6 Å². The van der Waals surface area contributed by atoms with Gasteiger partial charge in [0.1, 0.15) is 16.8 Å². The smallest absolute Gasteiger partial charge is 0.423 e. The zero-order chi connectivity index (χ0) is 38.6. The molecule has 272 valence electrons. The quantitative estimate of drug-likeness (QED) is 0.139. The van der Waals surface area contributed by atoms with Crippen molar-refractivity contribution in [3.05, 3.63) is 199 Å². The third-order valence-corrected chi connectivity index (χ3v) is 9.65. The number of benzene rings is 6. The van der Waals surface area contributed by atoms with Crippen LogP contribution in [0.3, 0.4) is 0 Å². The molecule has 0 spiro atoms. The monoisotopic (exact) mass is 756 g/mol. The van der Waals surface area contributed by atoms with E-state index in [1.165, 1.54) is 69.0 Å². The van der Waals surface area contributed by atoms with Crippen molar-refractivity contribution in [2.75, 3.05) is 0 Å². The largest absolute Gasteiger partial charge is 0.488 e. The van der Waals surface area contributed by atoms with E-state index in [0.717, 1.165) is 33.7 Å². The molecule has 0 unspecified atom stereocenters. The summed E-state index contributed by atoms with van der Waals surface area (Å²) in [6.45, 7) is 0. The Bertz CT molecular complexity index is 2840. The summed E-state index contributed by atoms with van der Waals surface area (Å²) in [5, 5.41) is 22.5. The van der Waals surface area contributed by atoms with E-state index in [1.54, 1.807) is 24.5 Å². The summed E-state index contributed by atoms with van der Waals surface area (Å²) in [6, 6.07) is 53.0. The van der Waals surface area contributed by atoms with E-state index in [0.29, 0.717) is 10.6 Å². The number of fused-ring (bicyclic) bond motifs is 6. The molecular weight excluding hydrogens is 725 g/mol. The lowest BCUT2D eigenvalue weighted by molar-refractivity contribution is 0.425. The van der Waals surface area contributed by atoms with Crippen LogP contribution in [-0.2, 0) is 0 Å². The summed E-state index contributed by atoms with van der Waals surface area (Å²) < 4.78 is 29.9. The molecular formula is C46H32BClF2N4O2. The van der Waals surface area contributed by atoms with Crippen LogP contribution in [-0.4, -0.2) is 36.3 Å². The van der Waals surface area contributed by atoms with Crippen LogP contribution in [0.4, 0.5) is 8.78 Å². The van der Waals surface area contributed by atoms with Gasteiger partial charge in [0, 0.05) is 45.2 Å². The zero-order valence-corrected chi connectivity index (χ0v) is 30.5. The highest BCUT2D eigenvalue weighted by Crippen LogP contribution is 2.34. The van der Waals surface area contributed by atoms with Crippen molar-refractivity contribution in [1.82, 2.24) is 19.1 Å². The van der Waals surface area contributed by atoms with Gasteiger partial charge in [0.25, 0.3) is 0 Å². The van der Waals surface area contributed by atoms with Gasteiger partial charge < -0.3 is 19.2 Å². The summed E-state index contributed by atoms with van der Waals surface area (Å²) in [6.07, 6.45) is 3.54. The summed E-state index contributed by atoms with van der Waals surface area (Å²) >= 11 is 6.04. The number of pyridine rings is 2. The van der Waals surface area contributed by atoms with E-state index in [1.807, 2.05) is 24.3 Å². The zero-order valence-electron chi connectivity index (χ0n) is 29.7. The maximum absolute atomic E-state index is 13.2. The summed E-state index contributed by atoms with van der Waals surface area (Å²) in [5.41, 5.74) is 8.75. The number of aromatic nitrogens is 4. The minimum Gasteiger partial charge on any atom is -0.423 e. The number of para-hydroxylation sites is 4. The Labute approximate surface area is 326 Å². The number of nitrogens with zero attached hydrogens (tertiary/aromatic N) is 4. The molecule has 0 aliphatic rings. The fraction of sp³-hybridized carbons (Fsp3) is 0. The fourth-order valence-corrected chi connectivity index (χ4v) is 7.07. The first kappa shape index (κ1) is 36.3. The maximum Gasteiger partial charge on any atom is 0.488 e. The third kappa shape index (κ3) is 7.39. The van der Waals surface area contributed by atoms with Gasteiger partial charge in [-0.25, -0.2) is 13.8 Å². The van der Waals surface area contributed by atoms with Gasteiger partial charge in [0.05, 0.1) is 33.4 Å². The van der Waals surface area contributed by atoms with Gasteiger partial charge in [-0.3, -0.25) is 4.98 Å². The average molecular weight is 757 g/mol. The van der Waals surface area contributed by atoms with Crippen LogP contribution in [0.5, 0.6) is 0 Å². The first-order valence-corrected chi connectivity index (χ1v) is 18.2. The van der Waals surface area contributed by atoms with E-state index in [4.69, 9.17) is 21.6 Å². The predicted molar refractivity (Wildman–Crippen MR) is 224 cm³/mol. The molecule has 10 rings (SSSR count). The summed E-state index contributed by atoms with van der Waals surface area (Å²) in [7, 11) is -1.51. The molecule has 0 amide bonds. The normalized spacial score (nSPS) is 10.9. The van der Waals surface area contributed by atoms with Crippen molar-refractivity contribution in [3.63, 3.8) is 0 Å². The summed E-state index contributed by atoms with van der Waals surface area (Å²) in [5.74, 6) is -0.628. The van der Waals surface area contributed by atoms with Crippen LogP contribution in [0.15, 0.2) is 182 Å². The molecule has 56 heavy (non-hydrogen) atoms. The number of halogens is 3. The van der Waals surface area contributed by atoms with Crippen molar-refractivity contribution in [1.29, 1.82) is 0 Å². The molecule has 2 N–H and O–H groups in total. The lowest BCUT2D eigenvalue weighted by atomic mass is 9.80. The van der Waals surface area contributed by atoms with Crippen molar-refractivity contribution in [2.45, 2.75) is 0 Å². The average Bonchev–Trinajstić information content (AvgIpc) is 3.75. The molecule has 0 aliphatic heterocycles. The molecule has 10 heteroatoms. The Balaban J connectivity index is 0.000000130. The van der Waals surface area contributed by atoms with Crippen LogP contribution < -0.4 is 5.46 Å². The Morgan fingerprint density at radius 1 is 0.464 bits per heavy atom. The van der Waals surface area contributed by atoms with Gasteiger partial charge >= 0.3 is 7.12 Å². The molecule has 0 fully saturated rings. The molecule has 4 heterocycles. The molecule has 4 aromatic heterocycles. The Kier molecular flexibility index (Phi) is 10.4. The standard InChI is InChI=1S/C23H15FN2.C17H11ClN2.C6H6BFO2/c24-17-11-9-16(10-12-17)21-15-18(13-14-25-21)26-22-7-3-1-5-19(22)20-6-2-4-8-23(20)26;18-17-11-12(9-10-19-17)20-15-7-3-1-5-13(15)14-6-2-4-8-16(14)20;8-6-3-1-5(2-4-6)7(9)10/h1-15H;1-11H;1-4,9-10H. The molecule has 6 aromatic carbocycles. The van der Waals surface area contributed by atoms with E-state index < -0.39 is 7.12 Å². The number of hydrogen-bond acceptors (Lipinski definition) is 4. The molecule has 6 nitrogen and oxygen atoms in total.